The Morgan fingerprint density at radius 3 is 1.16 bits per heavy atom. The van der Waals surface area contributed by atoms with E-state index in [1.165, 1.54) is 9.40 Å². The van der Waals surface area contributed by atoms with Gasteiger partial charge in [0.1, 0.15) is 33.3 Å². The summed E-state index contributed by atoms with van der Waals surface area (Å²) in [5.74, 6) is 2.98. The maximum atomic E-state index is 4.84. The van der Waals surface area contributed by atoms with Gasteiger partial charge in [-0.25, -0.2) is 19.9 Å². The molecule has 0 unspecified atom stereocenters. The third kappa shape index (κ3) is 5.01. The van der Waals surface area contributed by atoms with Crippen LogP contribution in [0.5, 0.6) is 0 Å². The number of hydrogen-bond donors (Lipinski definition) is 0. The van der Waals surface area contributed by atoms with Crippen molar-refractivity contribution in [3.63, 3.8) is 0 Å². The van der Waals surface area contributed by atoms with Crippen molar-refractivity contribution in [2.45, 2.75) is 0 Å². The Morgan fingerprint density at radius 1 is 0.397 bits per heavy atom. The smallest absolute Gasteiger partial charge is 0.342 e. The first-order chi connectivity index (χ1) is 28.8. The molecule has 8 heterocycles. The maximum Gasteiger partial charge on any atom is 0.423 e. The first-order valence-electron chi connectivity index (χ1n) is 18.6. The van der Waals surface area contributed by atoms with Crippen LogP contribution in [0.15, 0.2) is 159 Å². The quantitative estimate of drug-likeness (QED) is 0.153. The van der Waals surface area contributed by atoms with E-state index in [0.29, 0.717) is 0 Å². The van der Waals surface area contributed by atoms with Gasteiger partial charge in [0.2, 0.25) is 0 Å². The Labute approximate surface area is 340 Å². The third-order valence-corrected chi connectivity index (χ3v) is 13.0. The molecule has 2 aliphatic heterocycles. The lowest BCUT2D eigenvalue weighted by atomic mass is 9.63. The van der Waals surface area contributed by atoms with E-state index in [-0.39, 0.29) is 14.0 Å². The molecular weight excluding hydrogens is 758 g/mol. The zero-order valence-electron chi connectivity index (χ0n) is 30.3. The highest BCUT2D eigenvalue weighted by atomic mass is 32.1. The van der Waals surface area contributed by atoms with Crippen molar-refractivity contribution in [1.82, 2.24) is 39.9 Å². The molecule has 0 spiro atoms. The summed E-state index contributed by atoms with van der Waals surface area (Å²) in [6.45, 7) is -0.636. The first-order valence-corrected chi connectivity index (χ1v) is 20.2. The molecule has 0 bridgehead atoms. The van der Waals surface area contributed by atoms with Gasteiger partial charge in [-0.3, -0.25) is 19.9 Å². The van der Waals surface area contributed by atoms with E-state index in [4.69, 9.17) is 19.9 Å². The Morgan fingerprint density at radius 2 is 0.776 bits per heavy atom. The summed E-state index contributed by atoms with van der Waals surface area (Å²) < 4.78 is 2.36. The van der Waals surface area contributed by atoms with Gasteiger partial charge in [0.25, 0.3) is 0 Å². The van der Waals surface area contributed by atoms with Gasteiger partial charge in [-0.15, -0.1) is 22.7 Å². The van der Waals surface area contributed by atoms with Crippen LogP contribution >= 0.6 is 22.7 Å². The number of anilines is 8. The van der Waals surface area contributed by atoms with Gasteiger partial charge in [-0.2, -0.15) is 0 Å². The lowest BCUT2D eigenvalue weighted by Crippen LogP contribution is -2.54. The summed E-state index contributed by atoms with van der Waals surface area (Å²) in [7, 11) is 0. The highest BCUT2D eigenvalue weighted by Gasteiger charge is 2.49. The molecule has 58 heavy (non-hydrogen) atoms. The van der Waals surface area contributed by atoms with Crippen LogP contribution in [0.4, 0.5) is 44.6 Å². The van der Waals surface area contributed by atoms with E-state index in [9.17, 15) is 0 Å². The molecule has 6 aromatic heterocycles. The molecule has 0 radical (unpaired) electrons. The lowest BCUT2D eigenvalue weighted by Gasteiger charge is -2.29. The molecule has 0 atom stereocenters. The summed E-state index contributed by atoms with van der Waals surface area (Å²) in [5.41, 5.74) is 4.28. The van der Waals surface area contributed by atoms with E-state index in [1.807, 2.05) is 24.8 Å². The van der Waals surface area contributed by atoms with Crippen LogP contribution in [0.25, 0.3) is 30.9 Å². The van der Waals surface area contributed by atoms with E-state index < -0.39 is 0 Å². The van der Waals surface area contributed by atoms with E-state index in [1.54, 1.807) is 72.2 Å². The van der Waals surface area contributed by atoms with Crippen LogP contribution in [0, 0.1) is 0 Å². The van der Waals surface area contributed by atoms with Crippen LogP contribution in [0.2, 0.25) is 0 Å². The fourth-order valence-electron chi connectivity index (χ4n) is 8.33. The summed E-state index contributed by atoms with van der Waals surface area (Å²) in [4.78, 5) is 46.4. The molecule has 0 aliphatic carbocycles. The number of aromatic nitrogens is 8. The molecule has 0 saturated carbocycles. The Hall–Kier alpha value is -7.29. The largest absolute Gasteiger partial charge is 0.423 e. The van der Waals surface area contributed by atoms with Gasteiger partial charge in [-0.1, -0.05) is 72.8 Å². The fraction of sp³-hybridized carbons (Fsp3) is 0. The van der Waals surface area contributed by atoms with Crippen molar-refractivity contribution in [3.8, 4) is 0 Å². The minimum absolute atomic E-state index is 0.318. The van der Waals surface area contributed by atoms with E-state index in [0.717, 1.165) is 77.1 Å². The molecule has 272 valence electrons. The molecular formula is C42H26B2N12S2. The van der Waals surface area contributed by atoms with Crippen molar-refractivity contribution < 1.29 is 0 Å². The monoisotopic (exact) mass is 784 g/mol. The predicted molar refractivity (Wildman–Crippen MR) is 235 cm³/mol. The number of hydrogen-bond acceptors (Lipinski definition) is 14. The molecule has 0 N–H and O–H groups in total. The number of fused-ring (bicyclic) bond motifs is 7. The zero-order chi connectivity index (χ0) is 38.2. The standard InChI is InChI=1S/C42H26B2N12S2/c1-3-7-33-31(5-1)39-41(57-33)55(37-25-47-15-19-51-37)43(53(39)35-23-45-13-17-49-35)29-11-9-28-22-30(12-10-27(28)21-29)44-54(36-24-46-14-18-50-36)40-32-6-2-4-8-34(32)58-42(40)56(44)38-26-48-16-20-52-38/h1-26H. The summed E-state index contributed by atoms with van der Waals surface area (Å²) in [5, 5.41) is 6.62. The fourth-order valence-corrected chi connectivity index (χ4v) is 10.8. The van der Waals surface area contributed by atoms with Gasteiger partial charge >= 0.3 is 14.0 Å². The minimum Gasteiger partial charge on any atom is -0.342 e. The van der Waals surface area contributed by atoms with Crippen molar-refractivity contribution in [2.24, 2.45) is 0 Å². The molecule has 12 nitrogen and oxygen atoms in total. The van der Waals surface area contributed by atoms with Crippen LogP contribution in [-0.2, 0) is 0 Å². The Balaban J connectivity index is 1.02. The molecule has 2 aliphatic rings. The molecule has 0 saturated heterocycles. The molecule has 12 rings (SSSR count). The van der Waals surface area contributed by atoms with Crippen LogP contribution in [0.3, 0.4) is 0 Å². The van der Waals surface area contributed by atoms with Crippen LogP contribution in [0.1, 0.15) is 0 Å². The first kappa shape index (κ1) is 32.9. The number of benzene rings is 4. The van der Waals surface area contributed by atoms with Crippen LogP contribution in [-0.4, -0.2) is 53.8 Å². The minimum atomic E-state index is -0.318. The second-order valence-corrected chi connectivity index (χ2v) is 15.9. The van der Waals surface area contributed by atoms with Crippen LogP contribution < -0.4 is 30.2 Å². The summed E-state index contributed by atoms with van der Waals surface area (Å²) in [6.07, 6.45) is 21.1. The van der Waals surface area contributed by atoms with Gasteiger partial charge in [-0.05, 0) is 33.8 Å². The Kier molecular flexibility index (Phi) is 7.46. The van der Waals surface area contributed by atoms with Gasteiger partial charge in [0, 0.05) is 69.7 Å². The van der Waals surface area contributed by atoms with E-state index in [2.05, 4.69) is 124 Å². The lowest BCUT2D eigenvalue weighted by molar-refractivity contribution is 1.15. The van der Waals surface area contributed by atoms with Gasteiger partial charge < -0.3 is 19.2 Å². The average molecular weight is 785 g/mol. The van der Waals surface area contributed by atoms with Gasteiger partial charge in [0.15, 0.2) is 0 Å². The van der Waals surface area contributed by atoms with Crippen molar-refractivity contribution in [3.05, 3.63) is 159 Å². The van der Waals surface area contributed by atoms with Crippen molar-refractivity contribution in [1.29, 1.82) is 0 Å². The normalized spacial score (nSPS) is 13.7. The topological polar surface area (TPSA) is 116 Å². The maximum absolute atomic E-state index is 4.84. The SMILES string of the molecule is c1ccc2c3c(sc2c1)N(c1cnccn1)B(c1ccc2cc(B4N(c5cnccn5)c5sc6ccccc6c5N4c4cnccn4)ccc2c1)N3c1cnccn1. The average Bonchev–Trinajstić information content (AvgIpc) is 4.04. The highest BCUT2D eigenvalue weighted by molar-refractivity contribution is 7.26. The third-order valence-electron chi connectivity index (χ3n) is 10.7. The van der Waals surface area contributed by atoms with E-state index >= 15 is 0 Å². The van der Waals surface area contributed by atoms with Crippen molar-refractivity contribution in [2.75, 3.05) is 19.2 Å². The number of nitrogens with zero attached hydrogens (tertiary/aromatic N) is 12. The van der Waals surface area contributed by atoms with Gasteiger partial charge in [0.05, 0.1) is 36.2 Å². The molecule has 4 aromatic carbocycles. The number of thiophene rings is 2. The molecule has 10 aromatic rings. The molecule has 16 heteroatoms. The van der Waals surface area contributed by atoms with Crippen molar-refractivity contribution >= 4 is 123 Å². The Bertz CT molecular complexity index is 2930. The molecule has 0 fully saturated rings. The highest BCUT2D eigenvalue weighted by Crippen LogP contribution is 2.55. The second kappa shape index (κ2) is 13.1. The summed E-state index contributed by atoms with van der Waals surface area (Å²) >= 11 is 3.48. The zero-order valence-corrected chi connectivity index (χ0v) is 32.0. The second-order valence-electron chi connectivity index (χ2n) is 13.9. The number of rotatable bonds is 6. The summed E-state index contributed by atoms with van der Waals surface area (Å²) in [6, 6.07) is 30.4. The molecule has 0 amide bonds. The predicted octanol–water partition coefficient (Wildman–Crippen LogP) is 7.80.